The van der Waals surface area contributed by atoms with Crippen LogP contribution >= 0.6 is 0 Å². The number of methoxy groups -OCH3 is 2. The predicted molar refractivity (Wildman–Crippen MR) is 174 cm³/mol. The van der Waals surface area contributed by atoms with Crippen molar-refractivity contribution >= 4 is 27.5 Å². The fourth-order valence-electron chi connectivity index (χ4n) is 5.06. The summed E-state index contributed by atoms with van der Waals surface area (Å²) in [4.78, 5) is 29.2. The van der Waals surface area contributed by atoms with Crippen LogP contribution in [-0.2, 0) is 26.0 Å². The highest BCUT2D eigenvalue weighted by Gasteiger charge is 2.34. The van der Waals surface area contributed by atoms with Crippen LogP contribution in [0.25, 0.3) is 0 Å². The Morgan fingerprint density at radius 2 is 1.50 bits per heavy atom. The second-order valence-electron chi connectivity index (χ2n) is 10.9. The Labute approximate surface area is 262 Å². The van der Waals surface area contributed by atoms with E-state index in [4.69, 9.17) is 9.47 Å². The molecular formula is C34H45N3O6S. The Morgan fingerprint density at radius 3 is 2.07 bits per heavy atom. The number of nitrogens with zero attached hydrogens (tertiary/aromatic N) is 2. The van der Waals surface area contributed by atoms with Gasteiger partial charge in [-0.2, -0.15) is 0 Å². The van der Waals surface area contributed by atoms with Crippen LogP contribution in [-0.4, -0.2) is 64.5 Å². The van der Waals surface area contributed by atoms with Crippen LogP contribution in [0.2, 0.25) is 0 Å². The van der Waals surface area contributed by atoms with Crippen molar-refractivity contribution in [3.05, 3.63) is 83.4 Å². The van der Waals surface area contributed by atoms with E-state index in [0.717, 1.165) is 27.4 Å². The minimum absolute atomic E-state index is 0.0560. The number of benzene rings is 3. The Hall–Kier alpha value is -4.05. The van der Waals surface area contributed by atoms with Crippen LogP contribution in [0.5, 0.6) is 11.5 Å². The van der Waals surface area contributed by atoms with Crippen molar-refractivity contribution in [1.29, 1.82) is 0 Å². The highest BCUT2D eigenvalue weighted by Crippen LogP contribution is 2.33. The Kier molecular flexibility index (Phi) is 12.2. The minimum atomic E-state index is -4.27. The fourth-order valence-corrected chi connectivity index (χ4v) is 6.48. The van der Waals surface area contributed by atoms with Gasteiger partial charge in [-0.25, -0.2) is 8.42 Å². The molecule has 10 heteroatoms. The standard InChI is InChI=1S/C34H45N3O6S/c1-8-26(5)35-34(39)30(9-2)36(18-17-27-13-11-10-12-14-27)33(38)23-37(28-20-24(3)19-25(4)21-28)44(40,41)29-15-16-31(42-6)32(22-29)43-7/h10-16,19-22,26,30H,8-9,17-18,23H2,1-7H3,(H,35,39). The molecule has 0 heterocycles. The van der Waals surface area contributed by atoms with Crippen molar-refractivity contribution in [2.75, 3.05) is 31.6 Å². The number of carbonyl (C=O) groups excluding carboxylic acids is 2. The molecule has 0 spiro atoms. The number of ether oxygens (including phenoxy) is 2. The van der Waals surface area contributed by atoms with Gasteiger partial charge < -0.3 is 19.7 Å². The molecule has 0 fully saturated rings. The molecule has 238 valence electrons. The third kappa shape index (κ3) is 8.53. The number of nitrogens with one attached hydrogen (secondary N) is 1. The zero-order valence-electron chi connectivity index (χ0n) is 26.8. The number of sulfonamides is 1. The summed E-state index contributed by atoms with van der Waals surface area (Å²) in [7, 11) is -1.37. The van der Waals surface area contributed by atoms with E-state index < -0.39 is 28.5 Å². The van der Waals surface area contributed by atoms with Gasteiger partial charge >= 0.3 is 0 Å². The van der Waals surface area contributed by atoms with Gasteiger partial charge in [0.25, 0.3) is 10.0 Å². The molecule has 0 saturated carbocycles. The van der Waals surface area contributed by atoms with E-state index >= 15 is 0 Å². The first-order chi connectivity index (χ1) is 20.9. The topological polar surface area (TPSA) is 105 Å². The van der Waals surface area contributed by atoms with E-state index in [1.807, 2.05) is 71.0 Å². The molecule has 3 aromatic rings. The zero-order valence-corrected chi connectivity index (χ0v) is 27.6. The molecule has 0 radical (unpaired) electrons. The first-order valence-corrected chi connectivity index (χ1v) is 16.4. The van der Waals surface area contributed by atoms with Gasteiger partial charge in [0.05, 0.1) is 24.8 Å². The number of aryl methyl sites for hydroxylation is 2. The van der Waals surface area contributed by atoms with E-state index in [1.54, 1.807) is 12.1 Å². The van der Waals surface area contributed by atoms with Crippen LogP contribution in [0.3, 0.4) is 0 Å². The lowest BCUT2D eigenvalue weighted by Gasteiger charge is -2.34. The normalized spacial score (nSPS) is 12.6. The van der Waals surface area contributed by atoms with Crippen LogP contribution in [0, 0.1) is 13.8 Å². The van der Waals surface area contributed by atoms with Gasteiger partial charge in [-0.1, -0.05) is 50.2 Å². The van der Waals surface area contributed by atoms with Gasteiger partial charge in [-0.15, -0.1) is 0 Å². The maximum atomic E-state index is 14.3. The molecule has 0 aliphatic carbocycles. The van der Waals surface area contributed by atoms with E-state index in [-0.39, 0.29) is 29.1 Å². The molecule has 3 aromatic carbocycles. The largest absolute Gasteiger partial charge is 0.493 e. The number of carbonyl (C=O) groups is 2. The predicted octanol–water partition coefficient (Wildman–Crippen LogP) is 5.28. The second kappa shape index (κ2) is 15.6. The lowest BCUT2D eigenvalue weighted by molar-refractivity contribution is -0.139. The summed E-state index contributed by atoms with van der Waals surface area (Å²) < 4.78 is 40.4. The number of anilines is 1. The minimum Gasteiger partial charge on any atom is -0.493 e. The van der Waals surface area contributed by atoms with Crippen LogP contribution < -0.4 is 19.1 Å². The SMILES string of the molecule is CCC(C)NC(=O)C(CC)N(CCc1ccccc1)C(=O)CN(c1cc(C)cc(C)c1)S(=O)(=O)c1ccc(OC)c(OC)c1. The monoisotopic (exact) mass is 623 g/mol. The molecular weight excluding hydrogens is 578 g/mol. The molecule has 9 nitrogen and oxygen atoms in total. The quantitative estimate of drug-likeness (QED) is 0.247. The van der Waals surface area contributed by atoms with Crippen LogP contribution in [0.1, 0.15) is 50.3 Å². The van der Waals surface area contributed by atoms with Gasteiger partial charge in [0.1, 0.15) is 12.6 Å². The van der Waals surface area contributed by atoms with Crippen molar-refractivity contribution < 1.29 is 27.5 Å². The molecule has 0 aliphatic heterocycles. The summed E-state index contributed by atoms with van der Waals surface area (Å²) >= 11 is 0. The summed E-state index contributed by atoms with van der Waals surface area (Å²) in [6, 6.07) is 18.6. The number of rotatable bonds is 15. The summed E-state index contributed by atoms with van der Waals surface area (Å²) in [5, 5.41) is 3.00. The third-order valence-corrected chi connectivity index (χ3v) is 9.36. The fraction of sp³-hybridized carbons (Fsp3) is 0.412. The van der Waals surface area contributed by atoms with Gasteiger partial charge in [-0.05, 0) is 81.0 Å². The molecule has 3 rings (SSSR count). The van der Waals surface area contributed by atoms with Crippen molar-refractivity contribution in [1.82, 2.24) is 10.2 Å². The summed E-state index contributed by atoms with van der Waals surface area (Å²) in [6.07, 6.45) is 1.62. The van der Waals surface area contributed by atoms with Crippen molar-refractivity contribution in [2.45, 2.75) is 70.9 Å². The van der Waals surface area contributed by atoms with E-state index in [9.17, 15) is 18.0 Å². The molecule has 2 amide bonds. The van der Waals surface area contributed by atoms with Gasteiger partial charge in [-0.3, -0.25) is 13.9 Å². The zero-order chi connectivity index (χ0) is 32.4. The first-order valence-electron chi connectivity index (χ1n) is 14.9. The molecule has 2 unspecified atom stereocenters. The highest BCUT2D eigenvalue weighted by molar-refractivity contribution is 7.92. The molecule has 1 N–H and O–H groups in total. The number of amides is 2. The Balaban J connectivity index is 2.09. The molecule has 0 saturated heterocycles. The third-order valence-electron chi connectivity index (χ3n) is 7.59. The maximum absolute atomic E-state index is 14.3. The summed E-state index contributed by atoms with van der Waals surface area (Å²) in [5.74, 6) is -0.109. The van der Waals surface area contributed by atoms with Crippen molar-refractivity contribution in [3.63, 3.8) is 0 Å². The van der Waals surface area contributed by atoms with Crippen LogP contribution in [0.4, 0.5) is 5.69 Å². The highest BCUT2D eigenvalue weighted by atomic mass is 32.2. The molecule has 0 bridgehead atoms. The summed E-state index contributed by atoms with van der Waals surface area (Å²) in [6.45, 7) is 9.23. The van der Waals surface area contributed by atoms with Gasteiger partial charge in [0.2, 0.25) is 11.8 Å². The second-order valence-corrected chi connectivity index (χ2v) is 12.8. The number of hydrogen-bond acceptors (Lipinski definition) is 6. The van der Waals surface area contributed by atoms with Gasteiger partial charge in [0, 0.05) is 18.7 Å². The van der Waals surface area contributed by atoms with E-state index in [1.165, 1.54) is 37.3 Å². The summed E-state index contributed by atoms with van der Waals surface area (Å²) in [5.41, 5.74) is 3.05. The lowest BCUT2D eigenvalue weighted by Crippen LogP contribution is -2.54. The van der Waals surface area contributed by atoms with E-state index in [2.05, 4.69) is 5.32 Å². The van der Waals surface area contributed by atoms with Crippen LogP contribution in [0.15, 0.2) is 71.6 Å². The smallest absolute Gasteiger partial charge is 0.264 e. The van der Waals surface area contributed by atoms with E-state index in [0.29, 0.717) is 24.3 Å². The molecule has 0 aromatic heterocycles. The average Bonchev–Trinajstić information content (AvgIpc) is 3.00. The molecule has 0 aliphatic rings. The molecule has 44 heavy (non-hydrogen) atoms. The Morgan fingerprint density at radius 1 is 0.864 bits per heavy atom. The number of hydrogen-bond donors (Lipinski definition) is 1. The van der Waals surface area contributed by atoms with Crippen molar-refractivity contribution in [3.8, 4) is 11.5 Å². The molecule has 2 atom stereocenters. The Bertz CT molecular complexity index is 1510. The first kappa shape index (κ1) is 34.4. The lowest BCUT2D eigenvalue weighted by atomic mass is 10.1. The van der Waals surface area contributed by atoms with Crippen molar-refractivity contribution in [2.24, 2.45) is 0 Å². The maximum Gasteiger partial charge on any atom is 0.264 e. The average molecular weight is 624 g/mol. The van der Waals surface area contributed by atoms with Gasteiger partial charge in [0.15, 0.2) is 11.5 Å².